The second kappa shape index (κ2) is 7.82. The molecule has 1 spiro atoms. The molecule has 1 amide bonds. The predicted octanol–water partition coefficient (Wildman–Crippen LogP) is 3.51. The molecule has 1 aliphatic heterocycles. The molecule has 0 aromatic rings. The van der Waals surface area contributed by atoms with E-state index in [0.717, 1.165) is 13.1 Å². The molecule has 0 bridgehead atoms. The van der Waals surface area contributed by atoms with E-state index in [1.165, 1.54) is 70.6 Å². The molecule has 3 aliphatic rings. The van der Waals surface area contributed by atoms with E-state index in [1.54, 1.807) is 0 Å². The van der Waals surface area contributed by atoms with Crippen molar-refractivity contribution < 1.29 is 4.79 Å². The lowest BCUT2D eigenvalue weighted by atomic mass is 9.64. The molecule has 0 atom stereocenters. The molecule has 0 radical (unpaired) electrons. The largest absolute Gasteiger partial charge is 0.342 e. The summed E-state index contributed by atoms with van der Waals surface area (Å²) >= 11 is 0. The van der Waals surface area contributed by atoms with Crippen LogP contribution in [0.1, 0.15) is 70.6 Å². The summed E-state index contributed by atoms with van der Waals surface area (Å²) in [4.78, 5) is 14.1. The maximum atomic E-state index is 12.0. The number of amides is 1. The summed E-state index contributed by atoms with van der Waals surface area (Å²) in [5, 5.41) is 3.53. The molecule has 3 fully saturated rings. The minimum Gasteiger partial charge on any atom is -0.342 e. The van der Waals surface area contributed by atoms with Gasteiger partial charge >= 0.3 is 0 Å². The molecule has 4 heteroatoms. The maximum Gasteiger partial charge on any atom is 0.236 e. The van der Waals surface area contributed by atoms with Gasteiger partial charge in [-0.1, -0.05) is 19.3 Å². The fraction of sp³-hybridized carbons (Fsp3) is 0.941. The van der Waals surface area contributed by atoms with Crippen LogP contribution in [0.25, 0.3) is 0 Å². The van der Waals surface area contributed by atoms with Crippen LogP contribution in [0.3, 0.4) is 0 Å². The van der Waals surface area contributed by atoms with Crippen molar-refractivity contribution in [2.75, 3.05) is 19.6 Å². The first kappa shape index (κ1) is 17.1. The third kappa shape index (κ3) is 4.35. The topological polar surface area (TPSA) is 32.3 Å². The van der Waals surface area contributed by atoms with Crippen molar-refractivity contribution in [1.29, 1.82) is 0 Å². The van der Waals surface area contributed by atoms with Crippen molar-refractivity contribution in [3.63, 3.8) is 0 Å². The highest BCUT2D eigenvalue weighted by Gasteiger charge is 2.36. The van der Waals surface area contributed by atoms with Crippen LogP contribution in [0.4, 0.5) is 0 Å². The number of hydrogen-bond donors (Lipinski definition) is 1. The minimum absolute atomic E-state index is 0. The van der Waals surface area contributed by atoms with E-state index >= 15 is 0 Å². The van der Waals surface area contributed by atoms with Crippen LogP contribution in [0.2, 0.25) is 0 Å². The number of carbonyl (C=O) groups is 1. The van der Waals surface area contributed by atoms with Gasteiger partial charge in [-0.3, -0.25) is 4.79 Å². The average Bonchev–Trinajstić information content (AvgIpc) is 3.02. The Morgan fingerprint density at radius 3 is 2.19 bits per heavy atom. The highest BCUT2D eigenvalue weighted by Crippen LogP contribution is 2.47. The smallest absolute Gasteiger partial charge is 0.236 e. The van der Waals surface area contributed by atoms with Gasteiger partial charge in [-0.25, -0.2) is 0 Å². The highest BCUT2D eigenvalue weighted by molar-refractivity contribution is 5.85. The number of nitrogens with one attached hydrogen (secondary N) is 1. The van der Waals surface area contributed by atoms with Gasteiger partial charge in [0.15, 0.2) is 0 Å². The van der Waals surface area contributed by atoms with Gasteiger partial charge in [-0.05, 0) is 56.8 Å². The van der Waals surface area contributed by atoms with E-state index in [9.17, 15) is 4.79 Å². The second-order valence-electron chi connectivity index (χ2n) is 7.30. The molecule has 0 aromatic heterocycles. The molecule has 3 nitrogen and oxygen atoms in total. The lowest BCUT2D eigenvalue weighted by Gasteiger charge is -2.43. The SMILES string of the molecule is Cl.O=C(CNC1CCC2(CCCCC2)CC1)N1CCCC1. The Morgan fingerprint density at radius 1 is 0.952 bits per heavy atom. The van der Waals surface area contributed by atoms with Gasteiger partial charge in [0.2, 0.25) is 5.91 Å². The molecule has 1 heterocycles. The van der Waals surface area contributed by atoms with Crippen LogP contribution in [0.5, 0.6) is 0 Å². The van der Waals surface area contributed by atoms with Crippen molar-refractivity contribution in [3.8, 4) is 0 Å². The summed E-state index contributed by atoms with van der Waals surface area (Å²) in [6.45, 7) is 2.53. The van der Waals surface area contributed by atoms with Crippen LogP contribution in [-0.2, 0) is 4.79 Å². The first-order chi connectivity index (χ1) is 9.77. The Bertz CT molecular complexity index is 326. The monoisotopic (exact) mass is 314 g/mol. The number of carbonyl (C=O) groups excluding carboxylic acids is 1. The number of nitrogens with zero attached hydrogens (tertiary/aromatic N) is 1. The molecule has 21 heavy (non-hydrogen) atoms. The molecule has 122 valence electrons. The predicted molar refractivity (Wildman–Crippen MR) is 88.8 cm³/mol. The Balaban J connectivity index is 0.00000161. The lowest BCUT2D eigenvalue weighted by molar-refractivity contribution is -0.129. The summed E-state index contributed by atoms with van der Waals surface area (Å²) in [6, 6.07) is 0.592. The lowest BCUT2D eigenvalue weighted by Crippen LogP contribution is -2.43. The summed E-state index contributed by atoms with van der Waals surface area (Å²) in [7, 11) is 0. The van der Waals surface area contributed by atoms with E-state index < -0.39 is 0 Å². The van der Waals surface area contributed by atoms with E-state index in [0.29, 0.717) is 23.9 Å². The van der Waals surface area contributed by atoms with Crippen molar-refractivity contribution in [3.05, 3.63) is 0 Å². The Labute approximate surface area is 135 Å². The molecule has 2 aliphatic carbocycles. The Kier molecular flexibility index (Phi) is 6.36. The first-order valence-corrected chi connectivity index (χ1v) is 8.79. The fourth-order valence-corrected chi connectivity index (χ4v) is 4.55. The van der Waals surface area contributed by atoms with Crippen LogP contribution >= 0.6 is 12.4 Å². The van der Waals surface area contributed by atoms with Gasteiger partial charge in [0, 0.05) is 19.1 Å². The van der Waals surface area contributed by atoms with Gasteiger partial charge in [-0.15, -0.1) is 12.4 Å². The number of halogens is 1. The zero-order chi connectivity index (χ0) is 13.8. The Morgan fingerprint density at radius 2 is 1.57 bits per heavy atom. The van der Waals surface area contributed by atoms with Crippen LogP contribution in [0.15, 0.2) is 0 Å². The molecule has 0 unspecified atom stereocenters. The third-order valence-electron chi connectivity index (χ3n) is 5.96. The fourth-order valence-electron chi connectivity index (χ4n) is 4.55. The van der Waals surface area contributed by atoms with Crippen molar-refractivity contribution in [2.45, 2.75) is 76.7 Å². The number of likely N-dealkylation sites (tertiary alicyclic amines) is 1. The van der Waals surface area contributed by atoms with E-state index in [1.807, 2.05) is 4.90 Å². The molecular weight excluding hydrogens is 284 g/mol. The quantitative estimate of drug-likeness (QED) is 0.864. The average molecular weight is 315 g/mol. The molecule has 1 saturated heterocycles. The van der Waals surface area contributed by atoms with Gasteiger partial charge in [0.25, 0.3) is 0 Å². The van der Waals surface area contributed by atoms with Gasteiger partial charge in [-0.2, -0.15) is 0 Å². The third-order valence-corrected chi connectivity index (χ3v) is 5.96. The molecule has 2 saturated carbocycles. The summed E-state index contributed by atoms with van der Waals surface area (Å²) < 4.78 is 0. The van der Waals surface area contributed by atoms with Gasteiger partial charge < -0.3 is 10.2 Å². The molecule has 3 rings (SSSR count). The zero-order valence-electron chi connectivity index (χ0n) is 13.2. The summed E-state index contributed by atoms with van der Waals surface area (Å²) in [5.41, 5.74) is 0.690. The van der Waals surface area contributed by atoms with Crippen LogP contribution < -0.4 is 5.32 Å². The first-order valence-electron chi connectivity index (χ1n) is 8.79. The zero-order valence-corrected chi connectivity index (χ0v) is 14.1. The van der Waals surface area contributed by atoms with Gasteiger partial charge in [0.05, 0.1) is 6.54 Å². The van der Waals surface area contributed by atoms with E-state index in [-0.39, 0.29) is 12.4 Å². The minimum atomic E-state index is 0. The van der Waals surface area contributed by atoms with Crippen LogP contribution in [0, 0.1) is 5.41 Å². The van der Waals surface area contributed by atoms with E-state index in [2.05, 4.69) is 5.32 Å². The number of hydrogen-bond acceptors (Lipinski definition) is 2. The maximum absolute atomic E-state index is 12.0. The summed E-state index contributed by atoms with van der Waals surface area (Å²) in [5.74, 6) is 0.320. The molecule has 0 aromatic carbocycles. The Hall–Kier alpha value is -0.280. The van der Waals surface area contributed by atoms with Crippen molar-refractivity contribution in [2.24, 2.45) is 5.41 Å². The summed E-state index contributed by atoms with van der Waals surface area (Å²) in [6.07, 6.45) is 15.0. The van der Waals surface area contributed by atoms with Gasteiger partial charge in [0.1, 0.15) is 0 Å². The van der Waals surface area contributed by atoms with Crippen LogP contribution in [-0.4, -0.2) is 36.5 Å². The van der Waals surface area contributed by atoms with E-state index in [4.69, 9.17) is 0 Å². The van der Waals surface area contributed by atoms with Crippen molar-refractivity contribution >= 4 is 18.3 Å². The highest BCUT2D eigenvalue weighted by atomic mass is 35.5. The second-order valence-corrected chi connectivity index (χ2v) is 7.30. The molecular formula is C17H31ClN2O. The number of rotatable bonds is 3. The normalized spacial score (nSPS) is 25.8. The molecule has 1 N–H and O–H groups in total. The standard InChI is InChI=1S/C17H30N2O.ClH/c20-16(19-12-4-5-13-19)14-18-15-6-10-17(11-7-15)8-2-1-3-9-17;/h15,18H,1-14H2;1H. The van der Waals surface area contributed by atoms with Crippen molar-refractivity contribution in [1.82, 2.24) is 10.2 Å².